The van der Waals surface area contributed by atoms with Crippen LogP contribution in [0.3, 0.4) is 0 Å². The summed E-state index contributed by atoms with van der Waals surface area (Å²) in [7, 11) is 0. The Bertz CT molecular complexity index is 2940. The number of likely N-dealkylation sites (tertiary alicyclic amines) is 5. The molecule has 0 spiro atoms. The first-order chi connectivity index (χ1) is 56.8. The molecule has 9 heterocycles. The smallest absolute Gasteiger partial charge is 0.411 e. The zero-order chi connectivity index (χ0) is 94.9. The van der Waals surface area contributed by atoms with E-state index in [0.29, 0.717) is 39.2 Å². The van der Waals surface area contributed by atoms with Crippen molar-refractivity contribution in [2.24, 2.45) is 0 Å². The summed E-state index contributed by atoms with van der Waals surface area (Å²) >= 11 is 0. The molecule has 9 aliphatic rings. The van der Waals surface area contributed by atoms with Crippen molar-refractivity contribution in [3.8, 4) is 0 Å². The lowest BCUT2D eigenvalue weighted by molar-refractivity contribution is -0.158. The van der Waals surface area contributed by atoms with Crippen LogP contribution in [-0.2, 0) is 71.3 Å². The summed E-state index contributed by atoms with van der Waals surface area (Å²) < 4.78 is 49.7. The van der Waals surface area contributed by atoms with Gasteiger partial charge in [0, 0.05) is 94.2 Å². The zero-order valence-corrected chi connectivity index (χ0v) is 81.0. The number of carboxylic acids is 1. The van der Waals surface area contributed by atoms with E-state index in [1.165, 1.54) is 65.0 Å². The van der Waals surface area contributed by atoms with Crippen molar-refractivity contribution < 1.29 is 126 Å². The Kier molecular flexibility index (Phi) is 64.5. The first-order valence-corrected chi connectivity index (χ1v) is 44.2. The predicted molar refractivity (Wildman–Crippen MR) is 488 cm³/mol. The van der Waals surface area contributed by atoms with Crippen LogP contribution in [0.1, 0.15) is 265 Å². The molecule has 6 amide bonds. The van der Waals surface area contributed by atoms with E-state index in [4.69, 9.17) is 47.7 Å². The number of esters is 2. The van der Waals surface area contributed by atoms with E-state index in [1.54, 1.807) is 107 Å². The zero-order valence-electron chi connectivity index (χ0n) is 81.0. The van der Waals surface area contributed by atoms with E-state index < -0.39 is 92.3 Å². The predicted octanol–water partition coefficient (Wildman–Crippen LogP) is 9.62. The van der Waals surface area contributed by atoms with E-state index in [0.717, 1.165) is 112 Å². The first-order valence-electron chi connectivity index (χ1n) is 44.2. The Labute approximate surface area is 759 Å². The molecular formula is C89H176BN10O26. The number of Topliss-reactive ketones (excluding diaryl/α,β-unsaturated/α-hetero) is 1. The summed E-state index contributed by atoms with van der Waals surface area (Å²) in [6.45, 7) is 67.7. The second-order valence-corrected chi connectivity index (χ2v) is 36.6. The third-order valence-electron chi connectivity index (χ3n) is 18.5. The summed E-state index contributed by atoms with van der Waals surface area (Å²) in [6, 6.07) is 0. The number of aliphatic hydroxyl groups is 5. The number of hydrogen-bond acceptors (Lipinski definition) is 29. The van der Waals surface area contributed by atoms with Gasteiger partial charge in [0.25, 0.3) is 0 Å². The number of β-amino-alcohol motifs (C(OH)–C–C–N with tert-alkyl or cyclic N) is 5. The van der Waals surface area contributed by atoms with E-state index >= 15 is 0 Å². The van der Waals surface area contributed by atoms with Crippen LogP contribution in [0.5, 0.6) is 0 Å². The molecule has 37 heteroatoms. The third-order valence-corrected chi connectivity index (χ3v) is 18.5. The molecule has 126 heavy (non-hydrogen) atoms. The Morgan fingerprint density at radius 3 is 0.873 bits per heavy atom. The molecule has 3 radical (unpaired) electrons. The molecule has 8 N–H and O–H groups in total. The first kappa shape index (κ1) is 128. The number of nitrogens with one attached hydrogen (secondary N) is 2. The van der Waals surface area contributed by atoms with Gasteiger partial charge in [0.15, 0.2) is 5.78 Å². The van der Waals surface area contributed by atoms with Gasteiger partial charge in [-0.25, -0.2) is 24.0 Å². The molecule has 36 nitrogen and oxygen atoms in total. The maximum Gasteiger partial charge on any atom is 0.411 e. The molecule has 9 fully saturated rings. The lowest BCUT2D eigenvalue weighted by Crippen LogP contribution is -2.65. The molecular weight excluding hydrogens is 1640 g/mol. The molecule has 9 saturated heterocycles. The SMILES string of the molecule is C.C.C1CCOC1.C1CCOC1.C1CCOC1.CC(C)(C)OC(=O)N1CC(=O)C1.CC(C)(C)OC(=O)N1CC(O)(CC(=O)O)C1.CCN(CC)C(=O)CC1(O)CN(C(=O)OC(C)(C)C)C1.CCN(CC)CCC1(O)CN(C(=O)OC(C)(C)C)C1.CCN(CC)CCC1(O)CNC1.CCNCC.CCOC(=O)CC1(O)CN(C(=O)OC(C)(C)C)C1.CCOC(C)=O.[B]. The number of aliphatic carboxylic acids is 1. The molecule has 0 unspecified atom stereocenters. The van der Waals surface area contributed by atoms with E-state index in [2.05, 4.69) is 66.7 Å². The molecule has 741 valence electrons. The van der Waals surface area contributed by atoms with Crippen molar-refractivity contribution in [2.45, 2.75) is 322 Å². The molecule has 9 aliphatic heterocycles. The van der Waals surface area contributed by atoms with Crippen LogP contribution in [0.15, 0.2) is 0 Å². The standard InChI is InChI=1S/C14H26N2O4.C14H28N2O3.C12H21NO5.C10H17NO5.C9H20N2O.C8H13NO3.C4H11N.C4H8O2.3C4H8O.2CH4.B/c1-6-15(7-2)11(17)8-14(19)9-16(10-14)12(18)20-13(3,4)5;1-6-15(7-2)9-8-14(18)10-16(11-14)12(17)19-13(3,4)5;1-5-17-9(14)6-12(16)7-13(8-12)10(15)18-11(2,3)4;1-9(2,3)16-8(14)11-5-10(15,6-11)4-7(12)13;1-3-11(4-2)6-5-9(12)7-10-8-9;1-8(2,3)12-7(11)9-4-6(10)5-9;1-3-5-4-2;1-3-6-4(2)5;3*1-2-4-5-3-1;;;/h19H,6-10H2,1-5H3;18H,6-11H2,1-5H3;16H,5-8H2,1-4H3;15H,4-6H2,1-3H3,(H,12,13);10,12H,3-8H2,1-2H3;4-5H2,1-3H3;5H,3-4H2,1-2H3;3H2,1-2H3;3*1-4H2;2*1H4;. The van der Waals surface area contributed by atoms with Crippen molar-refractivity contribution in [2.75, 3.05) is 197 Å². The summed E-state index contributed by atoms with van der Waals surface area (Å²) in [5, 5.41) is 64.7. The average Bonchev–Trinajstić information content (AvgIpc) is 1.69. The highest BCUT2D eigenvalue weighted by Gasteiger charge is 2.50. The minimum Gasteiger partial charge on any atom is -0.481 e. The van der Waals surface area contributed by atoms with E-state index in [9.17, 15) is 73.5 Å². The van der Waals surface area contributed by atoms with Gasteiger partial charge in [0.1, 0.15) is 50.4 Å². The summed E-state index contributed by atoms with van der Waals surface area (Å²) in [6.07, 6.45) is 6.69. The van der Waals surface area contributed by atoms with Crippen LogP contribution in [0.25, 0.3) is 0 Å². The lowest BCUT2D eigenvalue weighted by atomic mass is 9.90. The number of carbonyl (C=O) groups excluding carboxylic acids is 9. The average molecular weight is 1810 g/mol. The van der Waals surface area contributed by atoms with Crippen LogP contribution in [0, 0.1) is 0 Å². The van der Waals surface area contributed by atoms with Gasteiger partial charge >= 0.3 is 48.4 Å². The van der Waals surface area contributed by atoms with Gasteiger partial charge in [-0.2, -0.15) is 0 Å². The number of hydrogen-bond donors (Lipinski definition) is 8. The minimum atomic E-state index is -1.30. The number of carbonyl (C=O) groups is 10. The number of rotatable bonds is 22. The monoisotopic (exact) mass is 1810 g/mol. The Morgan fingerprint density at radius 1 is 0.405 bits per heavy atom. The van der Waals surface area contributed by atoms with E-state index in [-0.39, 0.29) is 125 Å². The van der Waals surface area contributed by atoms with Crippen LogP contribution in [-0.4, -0.2) is 391 Å². The summed E-state index contributed by atoms with van der Waals surface area (Å²) in [5.41, 5.74) is -7.39. The molecule has 0 aromatic carbocycles. The van der Waals surface area contributed by atoms with Crippen molar-refractivity contribution in [3.05, 3.63) is 0 Å². The number of ketones is 1. The van der Waals surface area contributed by atoms with Crippen molar-refractivity contribution in [3.63, 3.8) is 0 Å². The number of amides is 6. The molecule has 0 aromatic heterocycles. The quantitative estimate of drug-likeness (QED) is 0.0284. The molecule has 0 aromatic rings. The van der Waals surface area contributed by atoms with Gasteiger partial charge in [-0.1, -0.05) is 56.4 Å². The second kappa shape index (κ2) is 63.5. The van der Waals surface area contributed by atoms with Crippen LogP contribution < -0.4 is 10.6 Å². The second-order valence-electron chi connectivity index (χ2n) is 36.6. The van der Waals surface area contributed by atoms with Gasteiger partial charge < -0.3 is 123 Å². The summed E-state index contributed by atoms with van der Waals surface area (Å²) in [4.78, 5) is 125. The fraction of sp³-hybridized carbons (Fsp3) is 0.888. The van der Waals surface area contributed by atoms with Gasteiger partial charge in [-0.15, -0.1) is 0 Å². The van der Waals surface area contributed by atoms with Crippen LogP contribution in [0.4, 0.5) is 24.0 Å². The molecule has 0 atom stereocenters. The molecule has 0 bridgehead atoms. The highest BCUT2D eigenvalue weighted by molar-refractivity contribution is 5.94. The molecule has 9 rings (SSSR count). The van der Waals surface area contributed by atoms with Gasteiger partial charge in [-0.3, -0.25) is 28.9 Å². The maximum absolute atomic E-state index is 12.0. The van der Waals surface area contributed by atoms with Crippen molar-refractivity contribution in [1.82, 2.24) is 49.8 Å². The molecule has 0 aliphatic carbocycles. The fourth-order valence-corrected chi connectivity index (χ4v) is 11.9. The van der Waals surface area contributed by atoms with Gasteiger partial charge in [0.05, 0.1) is 104 Å². The topological polar surface area (TPSA) is 434 Å². The van der Waals surface area contributed by atoms with Crippen LogP contribution in [0.2, 0.25) is 0 Å². The normalized spacial score (nSPS) is 17.7. The van der Waals surface area contributed by atoms with E-state index in [1.807, 2.05) is 34.6 Å². The molecule has 0 saturated carbocycles. The largest absolute Gasteiger partial charge is 0.481 e. The third kappa shape index (κ3) is 61.9. The number of carboxylic acid groups (broad SMARTS) is 1. The maximum atomic E-state index is 12.0. The Balaban J connectivity index is -0.000000439. The fourth-order valence-electron chi connectivity index (χ4n) is 11.9. The Hall–Kier alpha value is -6.52. The van der Waals surface area contributed by atoms with Crippen molar-refractivity contribution in [1.29, 1.82) is 0 Å². The van der Waals surface area contributed by atoms with Crippen LogP contribution >= 0.6 is 0 Å². The van der Waals surface area contributed by atoms with Gasteiger partial charge in [-0.05, 0) is 222 Å². The van der Waals surface area contributed by atoms with Gasteiger partial charge in [0.2, 0.25) is 5.91 Å². The number of ether oxygens (including phenoxy) is 10. The summed E-state index contributed by atoms with van der Waals surface area (Å²) in [5.74, 6) is -1.74. The highest BCUT2D eigenvalue weighted by Crippen LogP contribution is 2.31. The number of nitrogens with zero attached hydrogens (tertiary/aromatic N) is 8. The Morgan fingerprint density at radius 2 is 0.675 bits per heavy atom. The lowest BCUT2D eigenvalue weighted by Gasteiger charge is -2.47. The minimum absolute atomic E-state index is 0. The van der Waals surface area contributed by atoms with Crippen molar-refractivity contribution >= 4 is 68.5 Å². The highest BCUT2D eigenvalue weighted by atomic mass is 16.6.